The number of carbonyl (C=O) groups is 1. The van der Waals surface area contributed by atoms with E-state index in [1.165, 1.54) is 23.3 Å². The molecular weight excluding hydrogens is 326 g/mol. The third-order valence-corrected chi connectivity index (χ3v) is 3.75. The molecule has 0 saturated carbocycles. The van der Waals surface area contributed by atoms with Crippen LogP contribution >= 0.6 is 0 Å². The summed E-state index contributed by atoms with van der Waals surface area (Å²) >= 11 is 0. The maximum atomic E-state index is 13.7. The Morgan fingerprint density at radius 1 is 1.16 bits per heavy atom. The van der Waals surface area contributed by atoms with Crippen molar-refractivity contribution in [3.63, 3.8) is 0 Å². The van der Waals surface area contributed by atoms with Crippen LogP contribution in [0.2, 0.25) is 0 Å². The number of hydrogen-bond donors (Lipinski definition) is 0. The van der Waals surface area contributed by atoms with E-state index in [4.69, 9.17) is 4.42 Å². The largest absolute Gasteiger partial charge is 0.444 e. The Labute approximate surface area is 143 Å². The fourth-order valence-electron chi connectivity index (χ4n) is 2.38. The van der Waals surface area contributed by atoms with Crippen LogP contribution in [0.15, 0.2) is 59.2 Å². The number of aromatic nitrogens is 1. The highest BCUT2D eigenvalue weighted by molar-refractivity contribution is 5.78. The monoisotopic (exact) mass is 342 g/mol. The van der Waals surface area contributed by atoms with Gasteiger partial charge in [0.05, 0.1) is 12.1 Å². The second kappa shape index (κ2) is 7.25. The fourth-order valence-corrected chi connectivity index (χ4v) is 2.38. The van der Waals surface area contributed by atoms with Crippen LogP contribution in [0.1, 0.15) is 11.3 Å². The molecule has 1 amide bonds. The van der Waals surface area contributed by atoms with Crippen LogP contribution in [-0.4, -0.2) is 22.8 Å². The Bertz CT molecular complexity index is 878. The number of rotatable bonds is 5. The van der Waals surface area contributed by atoms with Crippen molar-refractivity contribution in [2.45, 2.75) is 13.0 Å². The maximum absolute atomic E-state index is 13.7. The minimum absolute atomic E-state index is 0.0373. The van der Waals surface area contributed by atoms with E-state index >= 15 is 0 Å². The van der Waals surface area contributed by atoms with Gasteiger partial charge in [0.15, 0.2) is 0 Å². The minimum atomic E-state index is -0.674. The number of nitrogens with zero attached hydrogens (tertiary/aromatic N) is 2. The lowest BCUT2D eigenvalue weighted by Gasteiger charge is -2.17. The first-order valence-electron chi connectivity index (χ1n) is 7.70. The van der Waals surface area contributed by atoms with E-state index in [1.54, 1.807) is 7.05 Å². The molecule has 0 spiro atoms. The first kappa shape index (κ1) is 16.8. The van der Waals surface area contributed by atoms with Crippen LogP contribution < -0.4 is 0 Å². The van der Waals surface area contributed by atoms with Gasteiger partial charge in [-0.15, -0.1) is 0 Å². The van der Waals surface area contributed by atoms with E-state index in [-0.39, 0.29) is 24.4 Å². The molecule has 0 aliphatic heterocycles. The van der Waals surface area contributed by atoms with E-state index in [0.717, 1.165) is 11.6 Å². The topological polar surface area (TPSA) is 46.3 Å². The van der Waals surface area contributed by atoms with Crippen LogP contribution in [0.5, 0.6) is 0 Å². The van der Waals surface area contributed by atoms with E-state index < -0.39 is 11.6 Å². The zero-order valence-corrected chi connectivity index (χ0v) is 13.6. The number of hydrogen-bond acceptors (Lipinski definition) is 3. The van der Waals surface area contributed by atoms with Crippen molar-refractivity contribution in [1.29, 1.82) is 0 Å². The van der Waals surface area contributed by atoms with Crippen LogP contribution in [0, 0.1) is 11.6 Å². The molecule has 25 heavy (non-hydrogen) atoms. The van der Waals surface area contributed by atoms with Crippen molar-refractivity contribution in [1.82, 2.24) is 9.88 Å². The number of carbonyl (C=O) groups excluding carboxylic acids is 1. The Morgan fingerprint density at radius 3 is 2.64 bits per heavy atom. The van der Waals surface area contributed by atoms with Crippen molar-refractivity contribution in [3.8, 4) is 11.5 Å². The van der Waals surface area contributed by atoms with Crippen molar-refractivity contribution in [2.24, 2.45) is 0 Å². The molecule has 3 aromatic rings. The number of halogens is 2. The third-order valence-electron chi connectivity index (χ3n) is 3.75. The van der Waals surface area contributed by atoms with Crippen LogP contribution in [0.4, 0.5) is 8.78 Å². The summed E-state index contributed by atoms with van der Waals surface area (Å²) in [5.74, 6) is -1.12. The maximum Gasteiger partial charge on any atom is 0.228 e. The Balaban J connectivity index is 1.65. The quantitative estimate of drug-likeness (QED) is 0.708. The van der Waals surface area contributed by atoms with Crippen molar-refractivity contribution >= 4 is 5.91 Å². The van der Waals surface area contributed by atoms with Crippen molar-refractivity contribution < 1.29 is 18.0 Å². The summed E-state index contributed by atoms with van der Waals surface area (Å²) in [7, 11) is 1.56. The average Bonchev–Trinajstić information content (AvgIpc) is 3.06. The zero-order chi connectivity index (χ0) is 17.8. The fraction of sp³-hybridized carbons (Fsp3) is 0.158. The molecule has 0 saturated heterocycles. The molecule has 3 rings (SSSR count). The van der Waals surface area contributed by atoms with Gasteiger partial charge in [-0.2, -0.15) is 0 Å². The Hall–Kier alpha value is -3.02. The summed E-state index contributed by atoms with van der Waals surface area (Å²) < 4.78 is 32.0. The number of benzene rings is 2. The normalized spacial score (nSPS) is 10.7. The third kappa shape index (κ3) is 4.09. The number of likely N-dealkylation sites (N-methyl/N-ethyl adjacent to an activating group) is 1. The summed E-state index contributed by atoms with van der Waals surface area (Å²) in [5, 5.41) is 0. The lowest BCUT2D eigenvalue weighted by molar-refractivity contribution is -0.129. The van der Waals surface area contributed by atoms with Gasteiger partial charge in [0.1, 0.15) is 17.9 Å². The highest BCUT2D eigenvalue weighted by Crippen LogP contribution is 2.18. The van der Waals surface area contributed by atoms with E-state index in [9.17, 15) is 13.6 Å². The van der Waals surface area contributed by atoms with Gasteiger partial charge in [0, 0.05) is 30.8 Å². The second-order valence-electron chi connectivity index (χ2n) is 5.67. The average molecular weight is 342 g/mol. The molecule has 0 aliphatic carbocycles. The second-order valence-corrected chi connectivity index (χ2v) is 5.67. The molecule has 0 atom stereocenters. The van der Waals surface area contributed by atoms with Gasteiger partial charge >= 0.3 is 0 Å². The van der Waals surface area contributed by atoms with Crippen LogP contribution in [0.3, 0.4) is 0 Å². The highest BCUT2D eigenvalue weighted by atomic mass is 19.1. The SMILES string of the molecule is CN(Cc1ccc(F)cc1F)C(=O)Cc1coc(-c2ccccc2)n1. The zero-order valence-electron chi connectivity index (χ0n) is 13.6. The summed E-state index contributed by atoms with van der Waals surface area (Å²) in [6.07, 6.45) is 1.47. The van der Waals surface area contributed by atoms with E-state index in [0.29, 0.717) is 11.6 Å². The van der Waals surface area contributed by atoms with Crippen molar-refractivity contribution in [3.05, 3.63) is 77.7 Å². The van der Waals surface area contributed by atoms with Gasteiger partial charge in [-0.25, -0.2) is 13.8 Å². The van der Waals surface area contributed by atoms with Gasteiger partial charge < -0.3 is 9.32 Å². The lowest BCUT2D eigenvalue weighted by atomic mass is 10.2. The molecule has 128 valence electrons. The predicted octanol–water partition coefficient (Wildman–Crippen LogP) is 3.82. The Kier molecular flexibility index (Phi) is 4.88. The van der Waals surface area contributed by atoms with Gasteiger partial charge in [-0.05, 0) is 18.2 Å². The molecular formula is C19H16F2N2O2. The molecule has 1 aromatic heterocycles. The first-order valence-corrected chi connectivity index (χ1v) is 7.70. The van der Waals surface area contributed by atoms with E-state index in [2.05, 4.69) is 4.98 Å². The van der Waals surface area contributed by atoms with Gasteiger partial charge in [-0.3, -0.25) is 4.79 Å². The summed E-state index contributed by atoms with van der Waals surface area (Å²) in [6.45, 7) is 0.0499. The Morgan fingerprint density at radius 2 is 1.92 bits per heavy atom. The molecule has 0 N–H and O–H groups in total. The van der Waals surface area contributed by atoms with Gasteiger partial charge in [0.2, 0.25) is 11.8 Å². The number of amides is 1. The van der Waals surface area contributed by atoms with Crippen LogP contribution in [-0.2, 0) is 17.8 Å². The van der Waals surface area contributed by atoms with Gasteiger partial charge in [-0.1, -0.05) is 24.3 Å². The smallest absolute Gasteiger partial charge is 0.228 e. The highest BCUT2D eigenvalue weighted by Gasteiger charge is 2.15. The summed E-state index contributed by atoms with van der Waals surface area (Å²) in [6, 6.07) is 12.7. The minimum Gasteiger partial charge on any atom is -0.444 e. The molecule has 2 aromatic carbocycles. The lowest BCUT2D eigenvalue weighted by Crippen LogP contribution is -2.28. The molecule has 0 bridgehead atoms. The molecule has 0 unspecified atom stereocenters. The summed E-state index contributed by atoms with van der Waals surface area (Å²) in [5.41, 5.74) is 1.57. The van der Waals surface area contributed by atoms with Gasteiger partial charge in [0.25, 0.3) is 0 Å². The molecule has 1 heterocycles. The molecule has 6 heteroatoms. The summed E-state index contributed by atoms with van der Waals surface area (Å²) in [4.78, 5) is 18.0. The van der Waals surface area contributed by atoms with Crippen LogP contribution in [0.25, 0.3) is 11.5 Å². The molecule has 4 nitrogen and oxygen atoms in total. The number of oxazole rings is 1. The molecule has 0 fully saturated rings. The molecule has 0 aliphatic rings. The molecule has 0 radical (unpaired) electrons. The first-order chi connectivity index (χ1) is 12.0. The predicted molar refractivity (Wildman–Crippen MR) is 88.5 cm³/mol. The standard InChI is InChI=1S/C19H16F2N2O2/c1-23(11-14-7-8-15(20)9-17(14)21)18(24)10-16-12-25-19(22-16)13-5-3-2-4-6-13/h2-9,12H,10-11H2,1H3. The van der Waals surface area contributed by atoms with Crippen molar-refractivity contribution in [2.75, 3.05) is 7.05 Å². The van der Waals surface area contributed by atoms with E-state index in [1.807, 2.05) is 30.3 Å².